The van der Waals surface area contributed by atoms with Crippen LogP contribution in [-0.4, -0.2) is 27.5 Å². The summed E-state index contributed by atoms with van der Waals surface area (Å²) in [7, 11) is -2.44. The standard InChI is InChI=1S/C21H27FN2O4S/c1-14(2)13-20(21(25)23-15(3)18-7-5-6-8-19(18)22)24-29(26,27)17-11-9-16(28-4)10-12-17/h5-12,14-15,20,24H,13H2,1-4H3,(H,23,25). The van der Waals surface area contributed by atoms with Gasteiger partial charge in [-0.05, 0) is 49.6 Å². The average molecular weight is 423 g/mol. The number of hydrogen-bond acceptors (Lipinski definition) is 4. The van der Waals surface area contributed by atoms with E-state index in [1.54, 1.807) is 25.1 Å². The lowest BCUT2D eigenvalue weighted by atomic mass is 10.0. The Morgan fingerprint density at radius 3 is 2.24 bits per heavy atom. The van der Waals surface area contributed by atoms with Gasteiger partial charge in [-0.1, -0.05) is 32.0 Å². The highest BCUT2D eigenvalue weighted by atomic mass is 32.2. The zero-order chi connectivity index (χ0) is 21.6. The van der Waals surface area contributed by atoms with Crippen LogP contribution in [0.2, 0.25) is 0 Å². The zero-order valence-corrected chi connectivity index (χ0v) is 17.8. The number of nitrogens with one attached hydrogen (secondary N) is 2. The lowest BCUT2D eigenvalue weighted by Gasteiger charge is -2.23. The maximum absolute atomic E-state index is 14.0. The van der Waals surface area contributed by atoms with Crippen LogP contribution in [0.15, 0.2) is 53.4 Å². The molecule has 29 heavy (non-hydrogen) atoms. The normalized spacial score (nSPS) is 13.7. The Balaban J connectivity index is 2.19. The van der Waals surface area contributed by atoms with Gasteiger partial charge in [0.1, 0.15) is 17.6 Å². The van der Waals surface area contributed by atoms with Crippen molar-refractivity contribution in [3.63, 3.8) is 0 Å². The molecule has 0 heterocycles. The van der Waals surface area contributed by atoms with E-state index >= 15 is 0 Å². The SMILES string of the molecule is COc1ccc(S(=O)(=O)NC(CC(C)C)C(=O)NC(C)c2ccccc2F)cc1. The predicted molar refractivity (Wildman–Crippen MR) is 110 cm³/mol. The summed E-state index contributed by atoms with van der Waals surface area (Å²) in [5.41, 5.74) is 0.335. The van der Waals surface area contributed by atoms with Crippen LogP contribution in [0.3, 0.4) is 0 Å². The van der Waals surface area contributed by atoms with Crippen molar-refractivity contribution < 1.29 is 22.3 Å². The van der Waals surface area contributed by atoms with Gasteiger partial charge in [-0.25, -0.2) is 12.8 Å². The van der Waals surface area contributed by atoms with Crippen LogP contribution >= 0.6 is 0 Å². The van der Waals surface area contributed by atoms with Crippen molar-refractivity contribution in [1.82, 2.24) is 10.0 Å². The Bertz CT molecular complexity index is 930. The third kappa shape index (κ3) is 6.27. The van der Waals surface area contributed by atoms with Crippen LogP contribution in [0.5, 0.6) is 5.75 Å². The molecular formula is C21H27FN2O4S. The van der Waals surface area contributed by atoms with Crippen molar-refractivity contribution in [3.05, 3.63) is 59.9 Å². The van der Waals surface area contributed by atoms with Crippen LogP contribution in [0.4, 0.5) is 4.39 Å². The van der Waals surface area contributed by atoms with Gasteiger partial charge in [0.05, 0.1) is 18.0 Å². The van der Waals surface area contributed by atoms with E-state index in [9.17, 15) is 17.6 Å². The number of carbonyl (C=O) groups excluding carboxylic acids is 1. The Morgan fingerprint density at radius 2 is 1.69 bits per heavy atom. The molecular weight excluding hydrogens is 395 g/mol. The van der Waals surface area contributed by atoms with Crippen LogP contribution in [0, 0.1) is 11.7 Å². The van der Waals surface area contributed by atoms with E-state index in [0.717, 1.165) is 0 Å². The second-order valence-electron chi connectivity index (χ2n) is 7.23. The van der Waals surface area contributed by atoms with E-state index in [1.807, 2.05) is 13.8 Å². The second-order valence-corrected chi connectivity index (χ2v) is 8.94. The Hall–Kier alpha value is -2.45. The fourth-order valence-electron chi connectivity index (χ4n) is 2.91. The van der Waals surface area contributed by atoms with E-state index in [0.29, 0.717) is 17.7 Å². The van der Waals surface area contributed by atoms with Gasteiger partial charge in [0, 0.05) is 5.56 Å². The molecule has 0 fully saturated rings. The van der Waals surface area contributed by atoms with Gasteiger partial charge in [-0.3, -0.25) is 4.79 Å². The number of amides is 1. The summed E-state index contributed by atoms with van der Waals surface area (Å²) in [5.74, 6) is -0.349. The van der Waals surface area contributed by atoms with Crippen molar-refractivity contribution in [3.8, 4) is 5.75 Å². The van der Waals surface area contributed by atoms with Gasteiger partial charge >= 0.3 is 0 Å². The fraction of sp³-hybridized carbons (Fsp3) is 0.381. The van der Waals surface area contributed by atoms with Crippen molar-refractivity contribution in [2.75, 3.05) is 7.11 Å². The molecule has 2 rings (SSSR count). The molecule has 2 aromatic rings. The van der Waals surface area contributed by atoms with Crippen molar-refractivity contribution in [1.29, 1.82) is 0 Å². The van der Waals surface area contributed by atoms with Gasteiger partial charge in [-0.2, -0.15) is 4.72 Å². The maximum atomic E-state index is 14.0. The first-order chi connectivity index (χ1) is 13.6. The van der Waals surface area contributed by atoms with Gasteiger partial charge in [-0.15, -0.1) is 0 Å². The minimum Gasteiger partial charge on any atom is -0.497 e. The van der Waals surface area contributed by atoms with Gasteiger partial charge in [0.25, 0.3) is 0 Å². The summed E-state index contributed by atoms with van der Waals surface area (Å²) in [6.07, 6.45) is 0.297. The highest BCUT2D eigenvalue weighted by Gasteiger charge is 2.28. The lowest BCUT2D eigenvalue weighted by Crippen LogP contribution is -2.47. The van der Waals surface area contributed by atoms with E-state index in [1.165, 1.54) is 37.4 Å². The number of carbonyl (C=O) groups is 1. The van der Waals surface area contributed by atoms with E-state index < -0.39 is 33.8 Å². The minimum atomic E-state index is -3.92. The number of hydrogen-bond donors (Lipinski definition) is 2. The molecule has 0 aromatic heterocycles. The maximum Gasteiger partial charge on any atom is 0.241 e. The van der Waals surface area contributed by atoms with Crippen LogP contribution < -0.4 is 14.8 Å². The number of benzene rings is 2. The fourth-order valence-corrected chi connectivity index (χ4v) is 4.12. The highest BCUT2D eigenvalue weighted by Crippen LogP contribution is 2.19. The molecule has 8 heteroatoms. The summed E-state index contributed by atoms with van der Waals surface area (Å²) in [5, 5.41) is 2.71. The third-order valence-electron chi connectivity index (χ3n) is 4.42. The van der Waals surface area contributed by atoms with Gasteiger partial charge in [0.2, 0.25) is 15.9 Å². The number of rotatable bonds is 9. The summed E-state index contributed by atoms with van der Waals surface area (Å²) < 4.78 is 47.0. The topological polar surface area (TPSA) is 84.5 Å². The summed E-state index contributed by atoms with van der Waals surface area (Å²) in [6.45, 7) is 5.44. The number of ether oxygens (including phenoxy) is 1. The largest absolute Gasteiger partial charge is 0.497 e. The predicted octanol–water partition coefficient (Wildman–Crippen LogP) is 3.40. The molecule has 0 saturated heterocycles. The molecule has 0 spiro atoms. The molecule has 0 aliphatic heterocycles. The van der Waals surface area contributed by atoms with Crippen molar-refractivity contribution in [2.24, 2.45) is 5.92 Å². The molecule has 1 amide bonds. The lowest BCUT2D eigenvalue weighted by molar-refractivity contribution is -0.123. The molecule has 0 aliphatic rings. The number of methoxy groups -OCH3 is 1. The Kier molecular flexibility index (Phi) is 7.75. The first-order valence-corrected chi connectivity index (χ1v) is 10.8. The van der Waals surface area contributed by atoms with Crippen molar-refractivity contribution >= 4 is 15.9 Å². The van der Waals surface area contributed by atoms with Crippen molar-refractivity contribution in [2.45, 2.75) is 44.2 Å². The Labute approximate surface area is 171 Å². The van der Waals surface area contributed by atoms with E-state index in [2.05, 4.69) is 10.0 Å². The molecule has 6 nitrogen and oxygen atoms in total. The van der Waals surface area contributed by atoms with Gasteiger partial charge < -0.3 is 10.1 Å². The molecule has 2 atom stereocenters. The molecule has 2 N–H and O–H groups in total. The molecule has 2 unspecified atom stereocenters. The molecule has 0 radical (unpaired) electrons. The first-order valence-electron chi connectivity index (χ1n) is 9.35. The van der Waals surface area contributed by atoms with Crippen LogP contribution in [-0.2, 0) is 14.8 Å². The van der Waals surface area contributed by atoms with Crippen LogP contribution in [0.25, 0.3) is 0 Å². The smallest absolute Gasteiger partial charge is 0.241 e. The second kappa shape index (κ2) is 9.84. The summed E-state index contributed by atoms with van der Waals surface area (Å²) >= 11 is 0. The molecule has 0 aliphatic carbocycles. The minimum absolute atomic E-state index is 0.0296. The van der Waals surface area contributed by atoms with Gasteiger partial charge in [0.15, 0.2) is 0 Å². The molecule has 0 saturated carbocycles. The number of halogens is 1. The average Bonchev–Trinajstić information content (AvgIpc) is 2.67. The summed E-state index contributed by atoms with van der Waals surface area (Å²) in [6, 6.07) is 10.4. The monoisotopic (exact) mass is 422 g/mol. The van der Waals surface area contributed by atoms with E-state index in [4.69, 9.17) is 4.74 Å². The van der Waals surface area contributed by atoms with Crippen LogP contribution in [0.1, 0.15) is 38.8 Å². The Morgan fingerprint density at radius 1 is 1.07 bits per heavy atom. The molecule has 0 bridgehead atoms. The quantitative estimate of drug-likeness (QED) is 0.649. The molecule has 158 valence electrons. The number of sulfonamides is 1. The third-order valence-corrected chi connectivity index (χ3v) is 5.91. The molecule has 2 aromatic carbocycles. The van der Waals surface area contributed by atoms with E-state index in [-0.39, 0.29) is 10.8 Å². The zero-order valence-electron chi connectivity index (χ0n) is 17.0. The first kappa shape index (κ1) is 22.8. The highest BCUT2D eigenvalue weighted by molar-refractivity contribution is 7.89. The summed E-state index contributed by atoms with van der Waals surface area (Å²) in [4.78, 5) is 12.8.